The molecule has 0 aliphatic heterocycles. The molecule has 0 amide bonds. The Labute approximate surface area is 190 Å². The van der Waals surface area contributed by atoms with Crippen LogP contribution in [0.1, 0.15) is 65.7 Å². The van der Waals surface area contributed by atoms with Gasteiger partial charge >= 0.3 is 8.56 Å². The van der Waals surface area contributed by atoms with Crippen LogP contribution in [0.2, 0.25) is 12.6 Å². The molecule has 0 radical (unpaired) electrons. The zero-order chi connectivity index (χ0) is 23.0. The molecular weight excluding hydrogens is 390 g/mol. The lowest BCUT2D eigenvalue weighted by Gasteiger charge is -2.39. The monoisotopic (exact) mass is 445 g/mol. The Balaban J connectivity index is 5.47. The van der Waals surface area contributed by atoms with Crippen LogP contribution in [0.15, 0.2) is 0 Å². The van der Waals surface area contributed by atoms with E-state index in [4.69, 9.17) is 8.85 Å². The smallest absolute Gasteiger partial charge is 0.334 e. The molecule has 0 aromatic carbocycles. The minimum atomic E-state index is -2.06. The van der Waals surface area contributed by atoms with Gasteiger partial charge in [-0.1, -0.05) is 20.8 Å². The van der Waals surface area contributed by atoms with Gasteiger partial charge in [-0.2, -0.15) is 0 Å². The third-order valence-electron chi connectivity index (χ3n) is 6.86. The van der Waals surface area contributed by atoms with Gasteiger partial charge in [0.25, 0.3) is 0 Å². The second-order valence-electron chi connectivity index (χ2n) is 9.70. The van der Waals surface area contributed by atoms with Crippen molar-refractivity contribution in [2.45, 2.75) is 78.3 Å². The molecule has 182 valence electrons. The van der Waals surface area contributed by atoms with Crippen molar-refractivity contribution in [3.8, 4) is 0 Å². The van der Waals surface area contributed by atoms with E-state index < -0.39 is 8.56 Å². The zero-order valence-corrected chi connectivity index (χ0v) is 23.1. The number of rotatable bonds is 20. The first kappa shape index (κ1) is 30.0. The molecule has 0 atom stereocenters. The molecule has 0 rings (SSSR count). The van der Waals surface area contributed by atoms with Crippen molar-refractivity contribution in [2.24, 2.45) is 5.41 Å². The number of nitrogens with zero attached hydrogens (tertiary/aromatic N) is 3. The Hall–Kier alpha value is 0.0169. The van der Waals surface area contributed by atoms with E-state index in [9.17, 15) is 0 Å². The summed E-state index contributed by atoms with van der Waals surface area (Å²) in [6, 6.07) is 1.08. The maximum atomic E-state index is 5.86. The second kappa shape index (κ2) is 16.6. The van der Waals surface area contributed by atoms with Crippen molar-refractivity contribution >= 4 is 8.56 Å². The Morgan fingerprint density at radius 1 is 0.600 bits per heavy atom. The molecule has 0 bridgehead atoms. The SMILES string of the molecule is CCCN(C)CCC(CCN(C)CCC)(CCN(C)CCC)CC[Si](C)(OC)OC. The Bertz CT molecular complexity index is 367. The van der Waals surface area contributed by atoms with Crippen molar-refractivity contribution in [1.82, 2.24) is 14.7 Å². The van der Waals surface area contributed by atoms with E-state index in [1.54, 1.807) is 0 Å². The summed E-state index contributed by atoms with van der Waals surface area (Å²) in [7, 11) is 8.44. The lowest BCUT2D eigenvalue weighted by molar-refractivity contribution is 0.128. The van der Waals surface area contributed by atoms with Gasteiger partial charge in [-0.25, -0.2) is 0 Å². The summed E-state index contributed by atoms with van der Waals surface area (Å²) in [4.78, 5) is 7.55. The first-order valence-electron chi connectivity index (χ1n) is 12.4. The van der Waals surface area contributed by atoms with E-state index in [0.717, 1.165) is 6.04 Å². The molecular formula is C24H55N3O2Si. The van der Waals surface area contributed by atoms with Crippen molar-refractivity contribution in [2.75, 3.05) is 74.6 Å². The zero-order valence-electron chi connectivity index (χ0n) is 22.1. The predicted molar refractivity (Wildman–Crippen MR) is 135 cm³/mol. The lowest BCUT2D eigenvalue weighted by atomic mass is 9.75. The van der Waals surface area contributed by atoms with Gasteiger partial charge in [-0.3, -0.25) is 0 Å². The Morgan fingerprint density at radius 3 is 1.20 bits per heavy atom. The highest BCUT2D eigenvalue weighted by Crippen LogP contribution is 2.39. The fourth-order valence-corrected chi connectivity index (χ4v) is 5.85. The van der Waals surface area contributed by atoms with Crippen molar-refractivity contribution in [1.29, 1.82) is 0 Å². The molecule has 0 aromatic heterocycles. The summed E-state index contributed by atoms with van der Waals surface area (Å²) in [5.74, 6) is 0. The molecule has 0 aliphatic rings. The van der Waals surface area contributed by atoms with Crippen LogP contribution in [0, 0.1) is 5.41 Å². The standard InChI is InChI=1S/C24H55N3O2Si/c1-10-17-25(4)20-13-24(14-21-26(5)18-11-2,15-22-27(6)19-12-3)16-23-30(9,28-7)29-8/h10-23H2,1-9H3. The lowest BCUT2D eigenvalue weighted by Crippen LogP contribution is -2.40. The van der Waals surface area contributed by atoms with Gasteiger partial charge in [-0.05, 0) is 123 Å². The maximum absolute atomic E-state index is 5.86. The molecule has 0 saturated carbocycles. The number of hydrogen-bond donors (Lipinski definition) is 0. The summed E-state index contributed by atoms with van der Waals surface area (Å²) in [5, 5.41) is 0. The first-order valence-corrected chi connectivity index (χ1v) is 14.9. The minimum absolute atomic E-state index is 0.345. The van der Waals surface area contributed by atoms with E-state index in [0.29, 0.717) is 5.41 Å². The average Bonchev–Trinajstić information content (AvgIpc) is 2.73. The first-order chi connectivity index (χ1) is 14.2. The maximum Gasteiger partial charge on any atom is 0.334 e. The van der Waals surface area contributed by atoms with Crippen LogP contribution in [0.25, 0.3) is 0 Å². The van der Waals surface area contributed by atoms with Crippen LogP contribution in [0.3, 0.4) is 0 Å². The molecule has 0 aliphatic carbocycles. The Kier molecular flexibility index (Phi) is 16.6. The van der Waals surface area contributed by atoms with Gasteiger partial charge in [0.2, 0.25) is 0 Å². The molecule has 0 saturated heterocycles. The molecule has 5 nitrogen and oxygen atoms in total. The van der Waals surface area contributed by atoms with E-state index in [1.807, 2.05) is 14.2 Å². The fraction of sp³-hybridized carbons (Fsp3) is 1.00. The molecule has 0 aromatic rings. The molecule has 6 heteroatoms. The normalized spacial score (nSPS) is 13.2. The largest absolute Gasteiger partial charge is 0.398 e. The fourth-order valence-electron chi connectivity index (χ4n) is 4.29. The molecule has 30 heavy (non-hydrogen) atoms. The summed E-state index contributed by atoms with van der Waals surface area (Å²) in [5.41, 5.74) is 0.345. The average molecular weight is 446 g/mol. The van der Waals surface area contributed by atoms with Crippen LogP contribution in [0.5, 0.6) is 0 Å². The second-order valence-corrected chi connectivity index (χ2v) is 13.3. The van der Waals surface area contributed by atoms with Gasteiger partial charge in [-0.15, -0.1) is 0 Å². The molecule has 0 spiro atoms. The van der Waals surface area contributed by atoms with E-state index >= 15 is 0 Å². The molecule has 0 heterocycles. The topological polar surface area (TPSA) is 28.2 Å². The summed E-state index contributed by atoms with van der Waals surface area (Å²) in [6.07, 6.45) is 8.67. The summed E-state index contributed by atoms with van der Waals surface area (Å²) in [6.45, 7) is 16.1. The van der Waals surface area contributed by atoms with Crippen LogP contribution in [0.4, 0.5) is 0 Å². The van der Waals surface area contributed by atoms with Crippen molar-refractivity contribution in [3.63, 3.8) is 0 Å². The highest BCUT2D eigenvalue weighted by Gasteiger charge is 2.36. The van der Waals surface area contributed by atoms with Gasteiger partial charge < -0.3 is 23.6 Å². The van der Waals surface area contributed by atoms with Crippen LogP contribution < -0.4 is 0 Å². The van der Waals surface area contributed by atoms with E-state index in [1.165, 1.54) is 84.2 Å². The quantitative estimate of drug-likeness (QED) is 0.248. The highest BCUT2D eigenvalue weighted by atomic mass is 28.4. The van der Waals surface area contributed by atoms with Gasteiger partial charge in [0.05, 0.1) is 0 Å². The Morgan fingerprint density at radius 2 is 0.933 bits per heavy atom. The van der Waals surface area contributed by atoms with Gasteiger partial charge in [0, 0.05) is 14.2 Å². The third kappa shape index (κ3) is 12.8. The molecule has 0 unspecified atom stereocenters. The molecule has 0 N–H and O–H groups in total. The van der Waals surface area contributed by atoms with Crippen LogP contribution in [-0.2, 0) is 8.85 Å². The third-order valence-corrected chi connectivity index (χ3v) is 9.75. The van der Waals surface area contributed by atoms with Gasteiger partial charge in [0.1, 0.15) is 0 Å². The molecule has 0 fully saturated rings. The van der Waals surface area contributed by atoms with E-state index in [-0.39, 0.29) is 0 Å². The summed E-state index contributed by atoms with van der Waals surface area (Å²) >= 11 is 0. The predicted octanol–water partition coefficient (Wildman–Crippen LogP) is 4.92. The van der Waals surface area contributed by atoms with E-state index in [2.05, 4.69) is 63.2 Å². The minimum Gasteiger partial charge on any atom is -0.398 e. The van der Waals surface area contributed by atoms with Crippen molar-refractivity contribution in [3.05, 3.63) is 0 Å². The van der Waals surface area contributed by atoms with Crippen molar-refractivity contribution < 1.29 is 8.85 Å². The number of hydrogen-bond acceptors (Lipinski definition) is 5. The van der Waals surface area contributed by atoms with Gasteiger partial charge in [0.15, 0.2) is 0 Å². The highest BCUT2D eigenvalue weighted by molar-refractivity contribution is 6.65. The van der Waals surface area contributed by atoms with Crippen LogP contribution in [-0.4, -0.2) is 97.9 Å². The van der Waals surface area contributed by atoms with Crippen LogP contribution >= 0.6 is 0 Å². The summed E-state index contributed by atoms with van der Waals surface area (Å²) < 4.78 is 11.7.